The zero-order chi connectivity index (χ0) is 13.8. The Morgan fingerprint density at radius 2 is 2.10 bits per heavy atom. The van der Waals surface area contributed by atoms with Crippen molar-refractivity contribution in [2.75, 3.05) is 0 Å². The van der Waals surface area contributed by atoms with Crippen molar-refractivity contribution in [2.24, 2.45) is 5.84 Å². The lowest BCUT2D eigenvalue weighted by Gasteiger charge is -2.16. The molecule has 0 saturated heterocycles. The van der Waals surface area contributed by atoms with Gasteiger partial charge in [0.1, 0.15) is 5.76 Å². The maximum atomic E-state index is 5.69. The Hall–Kier alpha value is -1.58. The number of hydrogen-bond acceptors (Lipinski definition) is 3. The van der Waals surface area contributed by atoms with Crippen molar-refractivity contribution in [2.45, 2.75) is 44.6 Å². The third-order valence-electron chi connectivity index (χ3n) is 4.20. The molecule has 1 aliphatic rings. The summed E-state index contributed by atoms with van der Waals surface area (Å²) in [6.07, 6.45) is 8.39. The first kappa shape index (κ1) is 13.4. The summed E-state index contributed by atoms with van der Waals surface area (Å²) in [6, 6.07) is 11.1. The fourth-order valence-electron chi connectivity index (χ4n) is 3.05. The second kappa shape index (κ2) is 6.25. The summed E-state index contributed by atoms with van der Waals surface area (Å²) in [5, 5.41) is 0. The number of nitrogens with one attached hydrogen (secondary N) is 1. The van der Waals surface area contributed by atoms with Gasteiger partial charge in [0, 0.05) is 12.5 Å². The van der Waals surface area contributed by atoms with Crippen LogP contribution in [0.3, 0.4) is 0 Å². The first-order chi connectivity index (χ1) is 9.85. The van der Waals surface area contributed by atoms with E-state index in [-0.39, 0.29) is 0 Å². The van der Waals surface area contributed by atoms with Crippen molar-refractivity contribution in [3.05, 3.63) is 59.0 Å². The molecule has 1 heterocycles. The average Bonchev–Trinajstić information content (AvgIpc) is 3.13. The second-order valence-corrected chi connectivity index (χ2v) is 5.64. The van der Waals surface area contributed by atoms with Crippen LogP contribution in [0.25, 0.3) is 0 Å². The van der Waals surface area contributed by atoms with E-state index in [1.807, 2.05) is 12.1 Å². The summed E-state index contributed by atoms with van der Waals surface area (Å²) < 4.78 is 5.37. The smallest absolute Gasteiger partial charge is 0.103 e. The predicted molar refractivity (Wildman–Crippen MR) is 80.3 cm³/mol. The van der Waals surface area contributed by atoms with Gasteiger partial charge < -0.3 is 4.42 Å². The summed E-state index contributed by atoms with van der Waals surface area (Å²) in [5.74, 6) is 6.72. The highest BCUT2D eigenvalue weighted by Gasteiger charge is 2.13. The topological polar surface area (TPSA) is 51.2 Å². The summed E-state index contributed by atoms with van der Waals surface area (Å²) in [7, 11) is 0. The van der Waals surface area contributed by atoms with Crippen LogP contribution in [0.4, 0.5) is 0 Å². The Morgan fingerprint density at radius 3 is 2.90 bits per heavy atom. The molecule has 20 heavy (non-hydrogen) atoms. The molecule has 3 nitrogen and oxygen atoms in total. The molecule has 0 spiro atoms. The average molecular weight is 270 g/mol. The molecule has 1 atom stereocenters. The first-order valence-corrected chi connectivity index (χ1v) is 7.44. The van der Waals surface area contributed by atoms with Gasteiger partial charge in [0.15, 0.2) is 0 Å². The molecule has 1 aliphatic carbocycles. The Balaban J connectivity index is 1.59. The number of furan rings is 1. The molecule has 0 bridgehead atoms. The first-order valence-electron chi connectivity index (χ1n) is 7.44. The molecule has 1 unspecified atom stereocenters. The fraction of sp³-hybridized carbons (Fsp3) is 0.412. The van der Waals surface area contributed by atoms with E-state index in [4.69, 9.17) is 10.3 Å². The minimum Gasteiger partial charge on any atom is -0.469 e. The van der Waals surface area contributed by atoms with Crippen molar-refractivity contribution in [3.63, 3.8) is 0 Å². The quantitative estimate of drug-likeness (QED) is 0.627. The van der Waals surface area contributed by atoms with Crippen molar-refractivity contribution in [1.29, 1.82) is 0 Å². The molecule has 0 radical (unpaired) electrons. The Bertz CT molecular complexity index is 548. The lowest BCUT2D eigenvalue weighted by molar-refractivity contribution is 0.447. The number of hydrogen-bond donors (Lipinski definition) is 2. The van der Waals surface area contributed by atoms with Crippen molar-refractivity contribution in [1.82, 2.24) is 5.43 Å². The van der Waals surface area contributed by atoms with Crippen LogP contribution in [0.2, 0.25) is 0 Å². The molecular weight excluding hydrogens is 248 g/mol. The maximum Gasteiger partial charge on any atom is 0.103 e. The Labute approximate surface area is 120 Å². The van der Waals surface area contributed by atoms with Crippen LogP contribution >= 0.6 is 0 Å². The standard InChI is InChI=1S/C17H22N2O/c18-19-16(8-9-17-5-2-10-20-17)12-13-6-7-14-3-1-4-15(14)11-13/h2,5-7,10-11,16,19H,1,3-4,8-9,12,18H2. The van der Waals surface area contributed by atoms with Gasteiger partial charge in [0.25, 0.3) is 0 Å². The Morgan fingerprint density at radius 1 is 1.20 bits per heavy atom. The van der Waals surface area contributed by atoms with E-state index in [1.165, 1.54) is 36.0 Å². The molecule has 1 aromatic carbocycles. The maximum absolute atomic E-state index is 5.69. The van der Waals surface area contributed by atoms with Crippen molar-refractivity contribution in [3.8, 4) is 0 Å². The largest absolute Gasteiger partial charge is 0.469 e. The molecule has 1 aromatic heterocycles. The van der Waals surface area contributed by atoms with E-state index in [9.17, 15) is 0 Å². The molecule has 2 aromatic rings. The monoisotopic (exact) mass is 270 g/mol. The van der Waals surface area contributed by atoms with Crippen molar-refractivity contribution < 1.29 is 4.42 Å². The number of rotatable bonds is 6. The number of benzene rings is 1. The van der Waals surface area contributed by atoms with E-state index in [0.717, 1.165) is 25.0 Å². The molecule has 3 rings (SSSR count). The molecule has 0 fully saturated rings. The molecule has 3 heteroatoms. The second-order valence-electron chi connectivity index (χ2n) is 5.64. The number of hydrazine groups is 1. The molecule has 0 aliphatic heterocycles. The van der Waals surface area contributed by atoms with E-state index >= 15 is 0 Å². The molecule has 3 N–H and O–H groups in total. The van der Waals surface area contributed by atoms with Crippen LogP contribution in [-0.4, -0.2) is 6.04 Å². The van der Waals surface area contributed by atoms with Gasteiger partial charge in [-0.05, 0) is 60.9 Å². The molecule has 106 valence electrons. The third-order valence-corrected chi connectivity index (χ3v) is 4.20. The van der Waals surface area contributed by atoms with Gasteiger partial charge in [0.05, 0.1) is 6.26 Å². The summed E-state index contributed by atoms with van der Waals surface area (Å²) in [4.78, 5) is 0. The molecule has 0 amide bonds. The Kier molecular flexibility index (Phi) is 4.19. The minimum atomic E-state index is 0.291. The van der Waals surface area contributed by atoms with Crippen LogP contribution in [0.5, 0.6) is 0 Å². The van der Waals surface area contributed by atoms with Gasteiger partial charge >= 0.3 is 0 Å². The third kappa shape index (κ3) is 3.11. The highest BCUT2D eigenvalue weighted by atomic mass is 16.3. The summed E-state index contributed by atoms with van der Waals surface area (Å²) in [5.41, 5.74) is 7.38. The van der Waals surface area contributed by atoms with E-state index < -0.39 is 0 Å². The molecule has 0 saturated carbocycles. The minimum absolute atomic E-state index is 0.291. The molecular formula is C17H22N2O. The number of fused-ring (bicyclic) bond motifs is 1. The van der Waals surface area contributed by atoms with Crippen LogP contribution in [0.1, 0.15) is 35.3 Å². The predicted octanol–water partition coefficient (Wildman–Crippen LogP) is 2.78. The van der Waals surface area contributed by atoms with Crippen molar-refractivity contribution >= 4 is 0 Å². The summed E-state index contributed by atoms with van der Waals surface area (Å²) in [6.45, 7) is 0. The van der Waals surface area contributed by atoms with E-state index in [1.54, 1.807) is 6.26 Å². The number of nitrogens with two attached hydrogens (primary N) is 1. The SMILES string of the molecule is NNC(CCc1ccco1)Cc1ccc2c(c1)CCC2. The zero-order valence-corrected chi connectivity index (χ0v) is 11.8. The van der Waals surface area contributed by atoms with E-state index in [0.29, 0.717) is 6.04 Å². The lowest BCUT2D eigenvalue weighted by Crippen LogP contribution is -2.37. The summed E-state index contributed by atoms with van der Waals surface area (Å²) >= 11 is 0. The van der Waals surface area contributed by atoms with Crippen LogP contribution in [0.15, 0.2) is 41.0 Å². The lowest BCUT2D eigenvalue weighted by atomic mass is 9.98. The van der Waals surface area contributed by atoms with Gasteiger partial charge in [-0.15, -0.1) is 0 Å². The number of aryl methyl sites for hydroxylation is 3. The van der Waals surface area contributed by atoms with Gasteiger partial charge in [0.2, 0.25) is 0 Å². The van der Waals surface area contributed by atoms with E-state index in [2.05, 4.69) is 23.6 Å². The highest BCUT2D eigenvalue weighted by Crippen LogP contribution is 2.23. The van der Waals surface area contributed by atoms with Gasteiger partial charge in [-0.3, -0.25) is 11.3 Å². The zero-order valence-electron chi connectivity index (χ0n) is 11.8. The van der Waals surface area contributed by atoms with Crippen LogP contribution in [0, 0.1) is 0 Å². The highest BCUT2D eigenvalue weighted by molar-refractivity contribution is 5.35. The van der Waals surface area contributed by atoms with Crippen LogP contribution < -0.4 is 11.3 Å². The van der Waals surface area contributed by atoms with Gasteiger partial charge in [-0.2, -0.15) is 0 Å². The van der Waals surface area contributed by atoms with Gasteiger partial charge in [-0.1, -0.05) is 18.2 Å². The fourth-order valence-corrected chi connectivity index (χ4v) is 3.05. The van der Waals surface area contributed by atoms with Crippen LogP contribution in [-0.2, 0) is 25.7 Å². The normalized spacial score (nSPS) is 15.2. The van der Waals surface area contributed by atoms with Gasteiger partial charge in [-0.25, -0.2) is 0 Å².